The van der Waals surface area contributed by atoms with E-state index in [1.165, 1.54) is 21.9 Å². The fourth-order valence-electron chi connectivity index (χ4n) is 3.28. The maximum absolute atomic E-state index is 14.3. The molecule has 7 nitrogen and oxygen atoms in total. The zero-order valence-electron chi connectivity index (χ0n) is 16.3. The number of piperazine rings is 1. The highest BCUT2D eigenvalue weighted by atomic mass is 19.1. The Kier molecular flexibility index (Phi) is 6.05. The Morgan fingerprint density at radius 1 is 1.21 bits per heavy atom. The fraction of sp³-hybridized carbons (Fsp3) is 0.400. The molecule has 1 aliphatic heterocycles. The fourth-order valence-corrected chi connectivity index (χ4v) is 3.28. The van der Waals surface area contributed by atoms with Gasteiger partial charge in [-0.1, -0.05) is 6.07 Å². The molecule has 3 rings (SSSR count). The highest BCUT2D eigenvalue weighted by Gasteiger charge is 2.29. The van der Waals surface area contributed by atoms with Crippen molar-refractivity contribution < 1.29 is 18.4 Å². The zero-order valence-corrected chi connectivity index (χ0v) is 16.3. The molecule has 0 spiro atoms. The summed E-state index contributed by atoms with van der Waals surface area (Å²) in [6.07, 6.45) is 0.313. The summed E-state index contributed by atoms with van der Waals surface area (Å²) in [6, 6.07) is 4.20. The number of halogens is 2. The quantitative estimate of drug-likeness (QED) is 0.816. The minimum Gasteiger partial charge on any atom is -0.337 e. The van der Waals surface area contributed by atoms with Gasteiger partial charge in [-0.15, -0.1) is 0 Å². The monoisotopic (exact) mass is 404 g/mol. The number of benzene rings is 1. The minimum atomic E-state index is -0.681. The van der Waals surface area contributed by atoms with E-state index >= 15 is 0 Å². The van der Waals surface area contributed by atoms with Gasteiger partial charge in [0.2, 0.25) is 5.91 Å². The van der Waals surface area contributed by atoms with E-state index in [9.17, 15) is 23.2 Å². The second-order valence-electron chi connectivity index (χ2n) is 7.04. The average Bonchev–Trinajstić information content (AvgIpc) is 2.71. The van der Waals surface area contributed by atoms with Crippen LogP contribution in [0.3, 0.4) is 0 Å². The van der Waals surface area contributed by atoms with Gasteiger partial charge < -0.3 is 9.80 Å². The largest absolute Gasteiger partial charge is 0.337 e. The first-order valence-electron chi connectivity index (χ1n) is 9.28. The summed E-state index contributed by atoms with van der Waals surface area (Å²) in [6.45, 7) is 3.05. The summed E-state index contributed by atoms with van der Waals surface area (Å²) in [4.78, 5) is 39.1. The lowest BCUT2D eigenvalue weighted by atomic mass is 10.0. The van der Waals surface area contributed by atoms with E-state index in [-0.39, 0.29) is 43.2 Å². The van der Waals surface area contributed by atoms with Crippen molar-refractivity contribution in [3.8, 4) is 0 Å². The molecule has 1 aromatic carbocycles. The van der Waals surface area contributed by atoms with E-state index in [0.29, 0.717) is 23.2 Å². The molecule has 0 unspecified atom stereocenters. The normalized spacial score (nSPS) is 14.4. The number of H-pyrrole nitrogens is 1. The van der Waals surface area contributed by atoms with Crippen molar-refractivity contribution in [3.05, 3.63) is 62.3 Å². The van der Waals surface area contributed by atoms with E-state index in [4.69, 9.17) is 0 Å². The lowest BCUT2D eigenvalue weighted by molar-refractivity contribution is -0.135. The Morgan fingerprint density at radius 3 is 2.66 bits per heavy atom. The summed E-state index contributed by atoms with van der Waals surface area (Å²) in [5, 5.41) is 6.47. The highest BCUT2D eigenvalue weighted by molar-refractivity contribution is 5.97. The number of aromatic nitrogens is 2. The van der Waals surface area contributed by atoms with Crippen LogP contribution in [0.15, 0.2) is 23.0 Å². The summed E-state index contributed by atoms with van der Waals surface area (Å²) in [7, 11) is 0. The minimum absolute atomic E-state index is 0.00432. The molecule has 1 aliphatic rings. The van der Waals surface area contributed by atoms with Crippen molar-refractivity contribution >= 4 is 11.8 Å². The third-order valence-corrected chi connectivity index (χ3v) is 5.22. The molecular weight excluding hydrogens is 382 g/mol. The van der Waals surface area contributed by atoms with Gasteiger partial charge in [0.05, 0.1) is 11.3 Å². The van der Waals surface area contributed by atoms with Crippen LogP contribution in [-0.2, 0) is 11.2 Å². The smallest absolute Gasteiger partial charge is 0.267 e. The van der Waals surface area contributed by atoms with Crippen molar-refractivity contribution in [1.82, 2.24) is 20.0 Å². The first-order valence-corrected chi connectivity index (χ1v) is 9.28. The molecule has 2 heterocycles. The molecule has 1 saturated heterocycles. The van der Waals surface area contributed by atoms with Gasteiger partial charge in [-0.3, -0.25) is 14.4 Å². The number of rotatable bonds is 5. The molecule has 1 N–H and O–H groups in total. The van der Waals surface area contributed by atoms with Crippen LogP contribution >= 0.6 is 0 Å². The Labute approximate surface area is 166 Å². The number of hydrogen-bond acceptors (Lipinski definition) is 4. The van der Waals surface area contributed by atoms with Gasteiger partial charge in [0.1, 0.15) is 19.0 Å². The average molecular weight is 404 g/mol. The molecule has 154 valence electrons. The van der Waals surface area contributed by atoms with E-state index < -0.39 is 18.4 Å². The third kappa shape index (κ3) is 4.33. The van der Waals surface area contributed by atoms with Crippen LogP contribution in [0.4, 0.5) is 8.78 Å². The topological polar surface area (TPSA) is 86.4 Å². The molecule has 2 amide bonds. The SMILES string of the molecule is Cc1c(Cc2ccc(F)c(C(=O)N3CCN(CCF)C(=O)C3)c2)n[nH]c(=O)c1C. The summed E-state index contributed by atoms with van der Waals surface area (Å²) in [5.74, 6) is -1.62. The first kappa shape index (κ1) is 20.6. The van der Waals surface area contributed by atoms with Gasteiger partial charge in [-0.25, -0.2) is 13.9 Å². The first-order chi connectivity index (χ1) is 13.8. The van der Waals surface area contributed by atoms with E-state index in [2.05, 4.69) is 10.2 Å². The second-order valence-corrected chi connectivity index (χ2v) is 7.04. The van der Waals surface area contributed by atoms with Gasteiger partial charge >= 0.3 is 0 Å². The Hall–Kier alpha value is -3.10. The van der Waals surface area contributed by atoms with Crippen molar-refractivity contribution in [3.63, 3.8) is 0 Å². The molecule has 0 atom stereocenters. The number of aromatic amines is 1. The van der Waals surface area contributed by atoms with Crippen LogP contribution in [0.1, 0.15) is 32.7 Å². The van der Waals surface area contributed by atoms with Crippen molar-refractivity contribution in [2.24, 2.45) is 0 Å². The van der Waals surface area contributed by atoms with Crippen molar-refractivity contribution in [2.45, 2.75) is 20.3 Å². The van der Waals surface area contributed by atoms with Crippen LogP contribution in [0.25, 0.3) is 0 Å². The number of alkyl halides is 1. The van der Waals surface area contributed by atoms with Crippen LogP contribution in [0, 0.1) is 19.7 Å². The standard InChI is InChI=1S/C20H22F2N4O3/c1-12-13(2)19(28)24-23-17(12)10-14-3-4-16(22)15(9-14)20(29)26-8-7-25(6-5-21)18(27)11-26/h3-4,9H,5-8,10-11H2,1-2H3,(H,24,28). The number of amides is 2. The number of nitrogens with one attached hydrogen (secondary N) is 1. The van der Waals surface area contributed by atoms with Gasteiger partial charge in [0.25, 0.3) is 11.5 Å². The molecule has 1 aromatic heterocycles. The summed E-state index contributed by atoms with van der Waals surface area (Å²) >= 11 is 0. The zero-order chi connectivity index (χ0) is 21.1. The van der Waals surface area contributed by atoms with E-state index in [1.54, 1.807) is 19.9 Å². The Balaban J connectivity index is 1.81. The molecule has 0 saturated carbocycles. The number of hydrogen-bond donors (Lipinski definition) is 1. The van der Waals surface area contributed by atoms with Crippen LogP contribution in [-0.4, -0.2) is 64.7 Å². The van der Waals surface area contributed by atoms with Gasteiger partial charge in [0, 0.05) is 31.6 Å². The molecule has 29 heavy (non-hydrogen) atoms. The highest BCUT2D eigenvalue weighted by Crippen LogP contribution is 2.18. The molecule has 0 aliphatic carbocycles. The molecule has 1 fully saturated rings. The van der Waals surface area contributed by atoms with Gasteiger partial charge in [-0.2, -0.15) is 5.10 Å². The van der Waals surface area contributed by atoms with Crippen LogP contribution in [0.2, 0.25) is 0 Å². The summed E-state index contributed by atoms with van der Waals surface area (Å²) < 4.78 is 26.8. The van der Waals surface area contributed by atoms with Crippen LogP contribution < -0.4 is 5.56 Å². The molecule has 2 aromatic rings. The predicted octanol–water partition coefficient (Wildman–Crippen LogP) is 1.37. The number of nitrogens with zero attached hydrogens (tertiary/aromatic N) is 3. The van der Waals surface area contributed by atoms with Crippen molar-refractivity contribution in [1.29, 1.82) is 0 Å². The van der Waals surface area contributed by atoms with E-state index in [1.807, 2.05) is 0 Å². The molecular formula is C20H22F2N4O3. The maximum Gasteiger partial charge on any atom is 0.267 e. The Bertz CT molecular complexity index is 1010. The predicted molar refractivity (Wildman–Crippen MR) is 102 cm³/mol. The molecule has 0 radical (unpaired) electrons. The van der Waals surface area contributed by atoms with Gasteiger partial charge in [0.15, 0.2) is 0 Å². The van der Waals surface area contributed by atoms with Gasteiger partial charge in [-0.05, 0) is 37.1 Å². The molecule has 9 heteroatoms. The van der Waals surface area contributed by atoms with E-state index in [0.717, 1.165) is 5.56 Å². The van der Waals surface area contributed by atoms with Crippen molar-refractivity contribution in [2.75, 3.05) is 32.9 Å². The maximum atomic E-state index is 14.3. The third-order valence-electron chi connectivity index (χ3n) is 5.22. The van der Waals surface area contributed by atoms with Crippen LogP contribution in [0.5, 0.6) is 0 Å². The lowest BCUT2D eigenvalue weighted by Crippen LogP contribution is -2.52. The lowest BCUT2D eigenvalue weighted by Gasteiger charge is -2.34. The second kappa shape index (κ2) is 8.50. The molecule has 0 bridgehead atoms. The number of carbonyl (C=O) groups excluding carboxylic acids is 2. The Morgan fingerprint density at radius 2 is 1.97 bits per heavy atom. The summed E-state index contributed by atoms with van der Waals surface area (Å²) in [5.41, 5.74) is 2.17. The number of carbonyl (C=O) groups is 2.